The SMILES string of the molecule is O=C1C2C3C=CC(C4CC34)C2C(=O)N1N=Cc1ccc(-c2ccc(Cl)cc2)o1. The highest BCUT2D eigenvalue weighted by atomic mass is 35.5. The van der Waals surface area contributed by atoms with Crippen molar-refractivity contribution >= 4 is 29.6 Å². The fourth-order valence-corrected chi connectivity index (χ4v) is 5.49. The Morgan fingerprint density at radius 2 is 1.61 bits per heavy atom. The first-order chi connectivity index (χ1) is 13.6. The highest BCUT2D eigenvalue weighted by molar-refractivity contribution is 6.30. The summed E-state index contributed by atoms with van der Waals surface area (Å²) in [5, 5.41) is 5.93. The quantitative estimate of drug-likeness (QED) is 0.451. The van der Waals surface area contributed by atoms with E-state index in [1.54, 1.807) is 18.2 Å². The standard InChI is InChI=1S/C22H17ClN2O3/c23-12-3-1-11(2-4-12)18-8-5-13(28-18)10-24-25-21(26)19-14-6-7-15(17-9-16(14)17)20(19)22(25)27/h1-8,10,14-17,19-20H,9H2. The lowest BCUT2D eigenvalue weighted by Crippen LogP contribution is -2.40. The number of allylic oxidation sites excluding steroid dienone is 2. The number of imide groups is 1. The first-order valence-corrected chi connectivity index (χ1v) is 9.95. The van der Waals surface area contributed by atoms with E-state index < -0.39 is 0 Å². The third-order valence-corrected chi connectivity index (χ3v) is 6.95. The van der Waals surface area contributed by atoms with Crippen molar-refractivity contribution in [2.75, 3.05) is 0 Å². The Bertz CT molecular complexity index is 1020. The molecular formula is C22H17ClN2O3. The van der Waals surface area contributed by atoms with Crippen LogP contribution < -0.4 is 0 Å². The van der Waals surface area contributed by atoms with E-state index in [1.807, 2.05) is 18.2 Å². The number of carbonyl (C=O) groups excluding carboxylic acids is 2. The molecule has 0 N–H and O–H groups in total. The van der Waals surface area contributed by atoms with Crippen LogP contribution in [0.5, 0.6) is 0 Å². The summed E-state index contributed by atoms with van der Waals surface area (Å²) in [6.45, 7) is 0. The molecule has 0 radical (unpaired) electrons. The summed E-state index contributed by atoms with van der Waals surface area (Å²) in [7, 11) is 0. The van der Waals surface area contributed by atoms with Crippen molar-refractivity contribution in [1.29, 1.82) is 0 Å². The number of hydrazone groups is 1. The minimum atomic E-state index is -0.232. The minimum Gasteiger partial charge on any atom is -0.455 e. The van der Waals surface area contributed by atoms with E-state index in [0.717, 1.165) is 17.0 Å². The zero-order chi connectivity index (χ0) is 19.0. The maximum absolute atomic E-state index is 12.9. The van der Waals surface area contributed by atoms with E-state index in [2.05, 4.69) is 17.3 Å². The number of amides is 2. The average Bonchev–Trinajstić information content (AvgIpc) is 3.34. The molecule has 7 rings (SSSR count). The molecule has 6 heteroatoms. The third kappa shape index (κ3) is 2.23. The molecule has 1 aromatic heterocycles. The summed E-state index contributed by atoms with van der Waals surface area (Å²) in [5.74, 6) is 1.95. The second-order valence-electron chi connectivity index (χ2n) is 8.10. The fraction of sp³-hybridized carbons (Fsp3) is 0.318. The van der Waals surface area contributed by atoms with Gasteiger partial charge in [-0.3, -0.25) is 9.59 Å². The van der Waals surface area contributed by atoms with Crippen LogP contribution in [0.25, 0.3) is 11.3 Å². The van der Waals surface area contributed by atoms with E-state index in [1.165, 1.54) is 6.21 Å². The van der Waals surface area contributed by atoms with Gasteiger partial charge in [-0.15, -0.1) is 0 Å². The summed E-state index contributed by atoms with van der Waals surface area (Å²) in [6.07, 6.45) is 6.91. The van der Waals surface area contributed by atoms with Crippen molar-refractivity contribution in [3.05, 3.63) is 59.3 Å². The molecule has 0 spiro atoms. The van der Waals surface area contributed by atoms with Crippen molar-refractivity contribution in [3.63, 3.8) is 0 Å². The zero-order valence-corrected chi connectivity index (χ0v) is 15.6. The predicted molar refractivity (Wildman–Crippen MR) is 103 cm³/mol. The van der Waals surface area contributed by atoms with Crippen molar-refractivity contribution in [3.8, 4) is 11.3 Å². The number of carbonyl (C=O) groups is 2. The van der Waals surface area contributed by atoms with Gasteiger partial charge in [-0.1, -0.05) is 23.8 Å². The fourth-order valence-electron chi connectivity index (χ4n) is 5.36. The molecule has 4 aliphatic carbocycles. The Morgan fingerprint density at radius 3 is 2.25 bits per heavy atom. The molecule has 2 aromatic rings. The predicted octanol–water partition coefficient (Wildman–Crippen LogP) is 3.99. The maximum atomic E-state index is 12.9. The summed E-state index contributed by atoms with van der Waals surface area (Å²) >= 11 is 5.92. The summed E-state index contributed by atoms with van der Waals surface area (Å²) in [5.41, 5.74) is 0.894. The highest BCUT2D eigenvalue weighted by Gasteiger charge is 2.67. The largest absolute Gasteiger partial charge is 0.455 e. The first-order valence-electron chi connectivity index (χ1n) is 9.58. The van der Waals surface area contributed by atoms with E-state index in [-0.39, 0.29) is 35.5 Å². The maximum Gasteiger partial charge on any atom is 0.254 e. The number of hydrogen-bond acceptors (Lipinski definition) is 4. The molecule has 2 bridgehead atoms. The monoisotopic (exact) mass is 392 g/mol. The molecule has 2 saturated carbocycles. The second kappa shape index (κ2) is 5.67. The van der Waals surface area contributed by atoms with Crippen molar-refractivity contribution in [1.82, 2.24) is 5.01 Å². The topological polar surface area (TPSA) is 62.9 Å². The van der Waals surface area contributed by atoms with Gasteiger partial charge < -0.3 is 4.42 Å². The van der Waals surface area contributed by atoms with Crippen LogP contribution >= 0.6 is 11.6 Å². The van der Waals surface area contributed by atoms with Crippen molar-refractivity contribution in [2.45, 2.75) is 6.42 Å². The van der Waals surface area contributed by atoms with Gasteiger partial charge in [-0.05, 0) is 66.5 Å². The summed E-state index contributed by atoms with van der Waals surface area (Å²) in [4.78, 5) is 25.8. The molecule has 6 unspecified atom stereocenters. The molecular weight excluding hydrogens is 376 g/mol. The zero-order valence-electron chi connectivity index (χ0n) is 14.9. The number of nitrogens with zero attached hydrogens (tertiary/aromatic N) is 2. The molecule has 140 valence electrons. The van der Waals surface area contributed by atoms with Crippen LogP contribution in [0.4, 0.5) is 0 Å². The molecule has 28 heavy (non-hydrogen) atoms. The smallest absolute Gasteiger partial charge is 0.254 e. The lowest BCUT2D eigenvalue weighted by atomic mass is 9.63. The lowest BCUT2D eigenvalue weighted by molar-refractivity contribution is -0.140. The molecule has 1 saturated heterocycles. The van der Waals surface area contributed by atoms with Gasteiger partial charge in [0, 0.05) is 10.6 Å². The van der Waals surface area contributed by atoms with Crippen LogP contribution in [0.3, 0.4) is 0 Å². The van der Waals surface area contributed by atoms with Gasteiger partial charge in [0.25, 0.3) is 11.8 Å². The van der Waals surface area contributed by atoms with Crippen LogP contribution in [0, 0.1) is 35.5 Å². The van der Waals surface area contributed by atoms with Gasteiger partial charge in [0.15, 0.2) is 0 Å². The van der Waals surface area contributed by atoms with E-state index in [0.29, 0.717) is 28.4 Å². The first kappa shape index (κ1) is 16.3. The summed E-state index contributed by atoms with van der Waals surface area (Å²) in [6, 6.07) is 10.9. The second-order valence-corrected chi connectivity index (χ2v) is 8.53. The molecule has 5 aliphatic rings. The third-order valence-electron chi connectivity index (χ3n) is 6.70. The van der Waals surface area contributed by atoms with Crippen LogP contribution in [-0.2, 0) is 9.59 Å². The van der Waals surface area contributed by atoms with Crippen molar-refractivity contribution < 1.29 is 14.0 Å². The molecule has 5 nitrogen and oxygen atoms in total. The Balaban J connectivity index is 1.24. The minimum absolute atomic E-state index is 0.166. The number of hydrogen-bond donors (Lipinski definition) is 0. The number of furan rings is 1. The van der Waals surface area contributed by atoms with Crippen LogP contribution in [0.2, 0.25) is 5.02 Å². The molecule has 2 amide bonds. The molecule has 1 aliphatic heterocycles. The van der Waals surface area contributed by atoms with Crippen LogP contribution in [-0.4, -0.2) is 23.0 Å². The Morgan fingerprint density at radius 1 is 0.964 bits per heavy atom. The normalized spacial score (nSPS) is 35.0. The van der Waals surface area contributed by atoms with Gasteiger partial charge in [0.2, 0.25) is 0 Å². The van der Waals surface area contributed by atoms with Crippen molar-refractivity contribution in [2.24, 2.45) is 40.6 Å². The van der Waals surface area contributed by atoms with Gasteiger partial charge in [0.05, 0.1) is 18.1 Å². The molecule has 3 fully saturated rings. The van der Waals surface area contributed by atoms with Gasteiger partial charge in [-0.25, -0.2) is 0 Å². The van der Waals surface area contributed by atoms with Gasteiger partial charge in [-0.2, -0.15) is 10.1 Å². The summed E-state index contributed by atoms with van der Waals surface area (Å²) < 4.78 is 5.78. The number of benzene rings is 1. The van der Waals surface area contributed by atoms with E-state index in [9.17, 15) is 9.59 Å². The Kier molecular flexibility index (Phi) is 3.30. The van der Waals surface area contributed by atoms with E-state index in [4.69, 9.17) is 16.0 Å². The molecule has 2 heterocycles. The Labute approximate surface area is 166 Å². The molecule has 1 aromatic carbocycles. The van der Waals surface area contributed by atoms with Gasteiger partial charge >= 0.3 is 0 Å². The lowest BCUT2D eigenvalue weighted by Gasteiger charge is -2.37. The van der Waals surface area contributed by atoms with Crippen LogP contribution in [0.1, 0.15) is 12.2 Å². The van der Waals surface area contributed by atoms with E-state index >= 15 is 0 Å². The van der Waals surface area contributed by atoms with Gasteiger partial charge in [0.1, 0.15) is 11.5 Å². The number of rotatable bonds is 3. The Hall–Kier alpha value is -2.66. The van der Waals surface area contributed by atoms with Crippen LogP contribution in [0.15, 0.2) is 58.1 Å². The molecule has 6 atom stereocenters. The highest BCUT2D eigenvalue weighted by Crippen LogP contribution is 2.65. The number of halogens is 1. The average molecular weight is 393 g/mol.